The van der Waals surface area contributed by atoms with E-state index in [1.54, 1.807) is 0 Å². The predicted molar refractivity (Wildman–Crippen MR) is 64.6 cm³/mol. The molecule has 0 N–H and O–H groups in total. The van der Waals surface area contributed by atoms with Crippen molar-refractivity contribution in [1.29, 1.82) is 0 Å². The fourth-order valence-corrected chi connectivity index (χ4v) is 1.87. The van der Waals surface area contributed by atoms with Crippen LogP contribution in [0.25, 0.3) is 5.57 Å². The summed E-state index contributed by atoms with van der Waals surface area (Å²) in [6.45, 7) is 12.7. The van der Waals surface area contributed by atoms with Gasteiger partial charge in [0.2, 0.25) is 0 Å². The van der Waals surface area contributed by atoms with Gasteiger partial charge in [0.25, 0.3) is 0 Å². The first-order valence-electron chi connectivity index (χ1n) is 5.62. The number of nitrogens with zero attached hydrogens (tertiary/aromatic N) is 1. The minimum Gasteiger partial charge on any atom is -0.305 e. The third kappa shape index (κ3) is 3.02. The number of aromatic nitrogens is 1. The Morgan fingerprint density at radius 2 is 1.88 bits per heavy atom. The van der Waals surface area contributed by atoms with Gasteiger partial charge in [-0.15, -0.1) is 6.58 Å². The van der Waals surface area contributed by atoms with E-state index in [0.29, 0.717) is 0 Å². The second-order valence-electron chi connectivity index (χ2n) is 4.03. The molecule has 1 rings (SSSR count). The van der Waals surface area contributed by atoms with Gasteiger partial charge in [0.1, 0.15) is 12.7 Å². The molecule has 0 spiro atoms. The van der Waals surface area contributed by atoms with Gasteiger partial charge in [-0.05, 0) is 25.3 Å². The zero-order valence-electron chi connectivity index (χ0n) is 11.1. The van der Waals surface area contributed by atoms with Crippen LogP contribution in [-0.4, -0.2) is 0 Å². The Hall–Kier alpha value is -0.00610. The largest absolute Gasteiger partial charge is 0.305 e. The van der Waals surface area contributed by atoms with Crippen LogP contribution in [0, 0.1) is 19.9 Å². The molecule has 1 aromatic heterocycles. The maximum absolute atomic E-state index is 4.14. The molecule has 2 heteroatoms. The fourth-order valence-electron chi connectivity index (χ4n) is 1.87. The van der Waals surface area contributed by atoms with Gasteiger partial charge in [0.05, 0.1) is 5.69 Å². The van der Waals surface area contributed by atoms with E-state index in [0.717, 1.165) is 12.8 Å². The van der Waals surface area contributed by atoms with Crippen molar-refractivity contribution < 1.29 is 37.3 Å². The predicted octanol–water partition coefficient (Wildman–Crippen LogP) is 2.91. The fraction of sp³-hybridized carbons (Fsp3) is 0.500. The molecule has 0 unspecified atom stereocenters. The van der Waals surface area contributed by atoms with Crippen LogP contribution in [0.5, 0.6) is 0 Å². The van der Waals surface area contributed by atoms with Crippen LogP contribution >= 0.6 is 0 Å². The summed E-state index contributed by atoms with van der Waals surface area (Å²) in [6.07, 6.45) is 2.01. The molecule has 0 bridgehead atoms. The first-order chi connectivity index (χ1) is 7.02. The average molecular weight is 292 g/mol. The summed E-state index contributed by atoms with van der Waals surface area (Å²) < 4.78 is 2.25. The van der Waals surface area contributed by atoms with Crippen molar-refractivity contribution in [3.8, 4) is 0 Å². The van der Waals surface area contributed by atoms with Gasteiger partial charge in [0, 0.05) is 32.7 Å². The summed E-state index contributed by atoms with van der Waals surface area (Å²) in [5.74, 6) is 0. The average Bonchev–Trinajstić information content (AvgIpc) is 2.24. The molecule has 1 heterocycles. The maximum Gasteiger partial charge on any atom is 0.116 e. The van der Waals surface area contributed by atoms with Crippen molar-refractivity contribution >= 4 is 5.57 Å². The molecule has 0 aromatic carbocycles. The topological polar surface area (TPSA) is 3.88 Å². The van der Waals surface area contributed by atoms with Crippen LogP contribution in [0.4, 0.5) is 0 Å². The Bertz CT molecular complexity index is 394. The standard InChI is InChI=1S/C14H21N.Y/c1-7-10(3)14-13(8-2)9-11(4)12(5)15(14)6;/h3,7-8H2,1-2,4-6H3;. The van der Waals surface area contributed by atoms with E-state index in [2.05, 4.69) is 52.0 Å². The van der Waals surface area contributed by atoms with Gasteiger partial charge in [-0.25, -0.2) is 0 Å². The van der Waals surface area contributed by atoms with Gasteiger partial charge in [-0.3, -0.25) is 0 Å². The van der Waals surface area contributed by atoms with E-state index in [4.69, 9.17) is 0 Å². The van der Waals surface area contributed by atoms with E-state index in [9.17, 15) is 0 Å². The molecule has 0 saturated heterocycles. The molecule has 1 nitrogen and oxygen atoms in total. The van der Waals surface area contributed by atoms with Gasteiger partial charge in [0.15, 0.2) is 0 Å². The summed E-state index contributed by atoms with van der Waals surface area (Å²) in [5.41, 5.74) is 6.27. The Morgan fingerprint density at radius 1 is 1.31 bits per heavy atom. The minimum atomic E-state index is 0. The number of aryl methyl sites for hydroxylation is 2. The number of allylic oxidation sites excluding steroid dienone is 1. The molecule has 0 aliphatic carbocycles. The molecule has 0 fully saturated rings. The van der Waals surface area contributed by atoms with E-state index < -0.39 is 0 Å². The molecule has 16 heavy (non-hydrogen) atoms. The Kier molecular flexibility index (Phi) is 6.66. The summed E-state index contributed by atoms with van der Waals surface area (Å²) in [7, 11) is 2.12. The minimum absolute atomic E-state index is 0. The molecule has 0 aliphatic rings. The SMILES string of the molecule is C=C(CC)c1c(CC)[c-]c(C)c(C)[n+]1C.[Y]. The number of rotatable bonds is 3. The second kappa shape index (κ2) is 6.66. The second-order valence-corrected chi connectivity index (χ2v) is 4.03. The first kappa shape index (κ1) is 16.0. The van der Waals surface area contributed by atoms with E-state index >= 15 is 0 Å². The first-order valence-corrected chi connectivity index (χ1v) is 5.62. The third-order valence-electron chi connectivity index (χ3n) is 3.12. The van der Waals surface area contributed by atoms with Gasteiger partial charge < -0.3 is 4.57 Å². The zero-order chi connectivity index (χ0) is 11.6. The Labute approximate surface area is 125 Å². The molecule has 0 aliphatic heterocycles. The number of hydrogen-bond acceptors (Lipinski definition) is 0. The van der Waals surface area contributed by atoms with Crippen LogP contribution in [0.2, 0.25) is 0 Å². The maximum atomic E-state index is 4.14. The molecule has 0 saturated carbocycles. The summed E-state index contributed by atoms with van der Waals surface area (Å²) in [4.78, 5) is 0. The monoisotopic (exact) mass is 292 g/mol. The van der Waals surface area contributed by atoms with Crippen LogP contribution in [0.3, 0.4) is 0 Å². The summed E-state index contributed by atoms with van der Waals surface area (Å²) in [5, 5.41) is 0. The molecule has 0 atom stereocenters. The van der Waals surface area contributed by atoms with Crippen molar-refractivity contribution in [2.45, 2.75) is 40.5 Å². The van der Waals surface area contributed by atoms with Gasteiger partial charge in [-0.2, -0.15) is 6.07 Å². The van der Waals surface area contributed by atoms with Crippen molar-refractivity contribution in [3.63, 3.8) is 0 Å². The van der Waals surface area contributed by atoms with Gasteiger partial charge >= 0.3 is 0 Å². The van der Waals surface area contributed by atoms with Crippen LogP contribution < -0.4 is 4.57 Å². The normalized spacial score (nSPS) is 9.81. The van der Waals surface area contributed by atoms with Crippen LogP contribution in [0.1, 0.15) is 42.8 Å². The summed E-state index contributed by atoms with van der Waals surface area (Å²) >= 11 is 0. The van der Waals surface area contributed by atoms with Crippen LogP contribution in [0.15, 0.2) is 6.58 Å². The zero-order valence-corrected chi connectivity index (χ0v) is 14.0. The Morgan fingerprint density at radius 3 is 2.31 bits per heavy atom. The molecule has 1 aromatic rings. The molecule has 85 valence electrons. The van der Waals surface area contributed by atoms with Crippen LogP contribution in [-0.2, 0) is 46.2 Å². The Balaban J connectivity index is 0.00000225. The molecule has 1 radical (unpaired) electrons. The molecule has 0 amide bonds. The van der Waals surface area contributed by atoms with E-state index in [-0.39, 0.29) is 32.7 Å². The smallest absolute Gasteiger partial charge is 0.116 e. The number of pyridine rings is 1. The summed E-state index contributed by atoms with van der Waals surface area (Å²) in [6, 6.07) is 3.47. The van der Waals surface area contributed by atoms with E-state index in [1.807, 2.05) is 0 Å². The quantitative estimate of drug-likeness (QED) is 0.596. The molecular weight excluding hydrogens is 271 g/mol. The van der Waals surface area contributed by atoms with Gasteiger partial charge in [-0.1, -0.05) is 31.9 Å². The molecular formula is C14H21NY. The number of hydrogen-bond donors (Lipinski definition) is 0. The third-order valence-corrected chi connectivity index (χ3v) is 3.12. The van der Waals surface area contributed by atoms with E-state index in [1.165, 1.54) is 28.1 Å². The van der Waals surface area contributed by atoms with Crippen molar-refractivity contribution in [1.82, 2.24) is 0 Å². The van der Waals surface area contributed by atoms with Crippen molar-refractivity contribution in [2.75, 3.05) is 0 Å². The van der Waals surface area contributed by atoms with Crippen molar-refractivity contribution in [3.05, 3.63) is 35.2 Å². The van der Waals surface area contributed by atoms with Crippen molar-refractivity contribution in [2.24, 2.45) is 7.05 Å².